The number of hydrogen-bond acceptors (Lipinski definition) is 0. The molecule has 0 aromatic rings. The molecule has 0 rings (SSSR count). The maximum Gasteiger partial charge on any atom is 0 e. The smallest absolute Gasteiger partial charge is 0 e. The molecule has 0 aliphatic carbocycles. The van der Waals surface area contributed by atoms with Crippen LogP contribution in [0.5, 0.6) is 0 Å². The van der Waals surface area contributed by atoms with Gasteiger partial charge in [-0.3, -0.25) is 0 Å². The van der Waals surface area contributed by atoms with E-state index in [0.717, 1.165) is 0 Å². The van der Waals surface area contributed by atoms with E-state index in [9.17, 15) is 0 Å². The van der Waals surface area contributed by atoms with Gasteiger partial charge in [0.15, 0.2) is 0 Å². The van der Waals surface area contributed by atoms with Crippen molar-refractivity contribution in [2.45, 2.75) is 0 Å². The van der Waals surface area contributed by atoms with E-state index in [1.54, 1.807) is 0 Å². The van der Waals surface area contributed by atoms with Gasteiger partial charge in [-0.25, -0.2) is 0 Å². The van der Waals surface area contributed by atoms with Gasteiger partial charge in [-0.05, 0) is 0 Å². The second kappa shape index (κ2) is 152. The molecule has 0 amide bonds. The number of hydrogen-bond donors (Lipinski definition) is 0. The second-order valence-electron chi connectivity index (χ2n) is 0. The first kappa shape index (κ1) is 172. The average molecular weight is 1560 g/mol. The molecular formula is CH3Rh15-. The Hall–Kier alpha value is 9.35. The molecule has 0 atom stereocenters. The van der Waals surface area contributed by atoms with Gasteiger partial charge in [0.05, 0.1) is 0 Å². The minimum absolute atomic E-state index is 0. The van der Waals surface area contributed by atoms with E-state index < -0.39 is 0 Å². The Labute approximate surface area is 292 Å². The van der Waals surface area contributed by atoms with Crippen LogP contribution in [0.25, 0.3) is 0 Å². The molecule has 0 aromatic heterocycles. The van der Waals surface area contributed by atoms with Crippen LogP contribution in [-0.4, -0.2) is 0 Å². The molecule has 0 aliphatic rings. The molecule has 0 aliphatic heterocycles. The van der Waals surface area contributed by atoms with Crippen LogP contribution in [0.4, 0.5) is 0 Å². The molecule has 0 bridgehead atoms. The summed E-state index contributed by atoms with van der Waals surface area (Å²) in [6.07, 6.45) is 0. The SMILES string of the molecule is [CH3-].[Rh].[Rh].[Rh].[Rh].[Rh].[Rh].[Rh].[Rh].[Rh].[Rh].[Rh].[Rh].[Rh].[Rh].[Rh]. The van der Waals surface area contributed by atoms with Crippen molar-refractivity contribution in [3.05, 3.63) is 7.43 Å². The van der Waals surface area contributed by atoms with Crippen molar-refractivity contribution < 1.29 is 292 Å². The fourth-order valence-corrected chi connectivity index (χ4v) is 0. The molecule has 0 heterocycles. The van der Waals surface area contributed by atoms with Crippen molar-refractivity contribution in [2.24, 2.45) is 0 Å². The van der Waals surface area contributed by atoms with E-state index in [-0.39, 0.29) is 300 Å². The zero-order valence-electron chi connectivity index (χ0n) is 6.00. The summed E-state index contributed by atoms with van der Waals surface area (Å²) in [5.74, 6) is 0. The average Bonchev–Trinajstić information content (AvgIpc) is 0. The van der Waals surface area contributed by atoms with Gasteiger partial charge in [0.1, 0.15) is 0 Å². The largest absolute Gasteiger partial charge is 0.358 e. The Morgan fingerprint density at radius 2 is 0.125 bits per heavy atom. The molecule has 0 nitrogen and oxygen atoms in total. The summed E-state index contributed by atoms with van der Waals surface area (Å²) in [5, 5.41) is 0. The van der Waals surface area contributed by atoms with Crippen LogP contribution in [0.1, 0.15) is 0 Å². The molecule has 16 heavy (non-hydrogen) atoms. The maximum absolute atomic E-state index is 0. The molecule has 0 saturated carbocycles. The van der Waals surface area contributed by atoms with Crippen LogP contribution in [0, 0.1) is 7.43 Å². The summed E-state index contributed by atoms with van der Waals surface area (Å²) in [7, 11) is 0. The standard InChI is InChI=1S/CH3.15Rh/h1H3;;;;;;;;;;;;;;;/q-1;;;;;;;;;;;;;;;. The summed E-state index contributed by atoms with van der Waals surface area (Å²) in [6.45, 7) is 0. The van der Waals surface area contributed by atoms with Crippen molar-refractivity contribution in [3.8, 4) is 0 Å². The van der Waals surface area contributed by atoms with Gasteiger partial charge in [-0.1, -0.05) is 0 Å². The maximum atomic E-state index is 0. The first-order valence-electron chi connectivity index (χ1n) is 0. The molecule has 15 heteroatoms. The summed E-state index contributed by atoms with van der Waals surface area (Å²) in [5.41, 5.74) is 0. The molecule has 0 unspecified atom stereocenters. The summed E-state index contributed by atoms with van der Waals surface area (Å²) < 4.78 is 0. The minimum Gasteiger partial charge on any atom is -0.358 e. The third-order valence-corrected chi connectivity index (χ3v) is 0. The molecule has 0 aromatic carbocycles. The van der Waals surface area contributed by atoms with Crippen molar-refractivity contribution in [1.82, 2.24) is 0 Å². The van der Waals surface area contributed by atoms with Crippen LogP contribution < -0.4 is 0 Å². The Morgan fingerprint density at radius 1 is 0.125 bits per heavy atom. The van der Waals surface area contributed by atoms with E-state index >= 15 is 0 Å². The van der Waals surface area contributed by atoms with Crippen LogP contribution >= 0.6 is 0 Å². The van der Waals surface area contributed by atoms with Crippen molar-refractivity contribution in [3.63, 3.8) is 0 Å². The molecule has 0 fully saturated rings. The minimum atomic E-state index is 0. The van der Waals surface area contributed by atoms with E-state index in [2.05, 4.69) is 0 Å². The van der Waals surface area contributed by atoms with Crippen molar-refractivity contribution in [2.75, 3.05) is 0 Å². The van der Waals surface area contributed by atoms with Crippen molar-refractivity contribution >= 4 is 0 Å². The molecule has 0 saturated heterocycles. The Bertz CT molecular complexity index is 5.40. The predicted octanol–water partition coefficient (Wildman–Crippen LogP) is 0.413. The van der Waals surface area contributed by atoms with Gasteiger partial charge in [-0.15, -0.1) is 0 Å². The Balaban J connectivity index is 0. The third kappa shape index (κ3) is 133. The quantitative estimate of drug-likeness (QED) is 0.244. The molecule has 15 radical (unpaired) electrons. The first-order chi connectivity index (χ1) is 0. The fourth-order valence-electron chi connectivity index (χ4n) is 0. The van der Waals surface area contributed by atoms with Crippen molar-refractivity contribution in [1.29, 1.82) is 0 Å². The summed E-state index contributed by atoms with van der Waals surface area (Å²) >= 11 is 0. The zero-order chi connectivity index (χ0) is 0. The molecular weight excluding hydrogens is 1560 g/mol. The topological polar surface area (TPSA) is 0 Å². The van der Waals surface area contributed by atoms with Crippen LogP contribution in [0.15, 0.2) is 0 Å². The Morgan fingerprint density at radius 3 is 0.125 bits per heavy atom. The van der Waals surface area contributed by atoms with Gasteiger partial charge >= 0.3 is 0 Å². The molecule has 0 spiro atoms. The van der Waals surface area contributed by atoms with Crippen LogP contribution in [0.3, 0.4) is 0 Å². The zero-order valence-corrected chi connectivity index (χ0v) is 30.6. The first-order valence-corrected chi connectivity index (χ1v) is 0. The predicted molar refractivity (Wildman–Crippen MR) is 6.41 cm³/mol. The van der Waals surface area contributed by atoms with Gasteiger partial charge < -0.3 is 7.43 Å². The Kier molecular flexibility index (Phi) is 1630. The second-order valence-corrected chi connectivity index (χ2v) is 0. The number of rotatable bonds is 0. The van der Waals surface area contributed by atoms with E-state index in [0.29, 0.717) is 0 Å². The van der Waals surface area contributed by atoms with E-state index in [4.69, 9.17) is 0 Å². The van der Waals surface area contributed by atoms with Gasteiger partial charge in [0, 0.05) is 292 Å². The van der Waals surface area contributed by atoms with Gasteiger partial charge in [0.25, 0.3) is 0 Å². The fraction of sp³-hybridized carbons (Fsp3) is 0. The summed E-state index contributed by atoms with van der Waals surface area (Å²) in [4.78, 5) is 0. The van der Waals surface area contributed by atoms with Crippen LogP contribution in [0.2, 0.25) is 0 Å². The normalized spacial score (nSPS) is 0. The van der Waals surface area contributed by atoms with E-state index in [1.807, 2.05) is 0 Å². The van der Waals surface area contributed by atoms with Crippen LogP contribution in [-0.2, 0) is 292 Å². The monoisotopic (exact) mass is 1560 g/mol. The summed E-state index contributed by atoms with van der Waals surface area (Å²) in [6, 6.07) is 0. The molecule has 0 N–H and O–H groups in total. The third-order valence-electron chi connectivity index (χ3n) is 0. The van der Waals surface area contributed by atoms with E-state index in [1.165, 1.54) is 0 Å². The van der Waals surface area contributed by atoms with Gasteiger partial charge in [0.2, 0.25) is 0 Å². The molecule has 143 valence electrons. The van der Waals surface area contributed by atoms with Gasteiger partial charge in [-0.2, -0.15) is 0 Å².